The lowest BCUT2D eigenvalue weighted by atomic mass is 10.1. The molecule has 1 saturated heterocycles. The molecule has 2 atom stereocenters. The minimum Gasteiger partial charge on any atom is -0.467 e. The summed E-state index contributed by atoms with van der Waals surface area (Å²) in [5.74, 6) is -0.537. The third-order valence-electron chi connectivity index (χ3n) is 3.62. The maximum atomic E-state index is 12.4. The molecular formula is C15H20N2O3. The third-order valence-corrected chi connectivity index (χ3v) is 3.62. The number of likely N-dealkylation sites (tertiary alicyclic amines) is 1. The van der Waals surface area contributed by atoms with Crippen LogP contribution in [0.15, 0.2) is 30.3 Å². The van der Waals surface area contributed by atoms with Gasteiger partial charge < -0.3 is 15.4 Å². The number of carbonyl (C=O) groups excluding carboxylic acids is 2. The van der Waals surface area contributed by atoms with Crippen molar-refractivity contribution >= 4 is 11.9 Å². The van der Waals surface area contributed by atoms with Crippen molar-refractivity contribution in [1.29, 1.82) is 0 Å². The first-order valence-electron chi connectivity index (χ1n) is 6.81. The second-order valence-electron chi connectivity index (χ2n) is 5.01. The predicted molar refractivity (Wildman–Crippen MR) is 74.9 cm³/mol. The summed E-state index contributed by atoms with van der Waals surface area (Å²) in [5, 5.41) is 0. The largest absolute Gasteiger partial charge is 0.467 e. The van der Waals surface area contributed by atoms with E-state index < -0.39 is 12.1 Å². The molecule has 0 radical (unpaired) electrons. The van der Waals surface area contributed by atoms with Crippen LogP contribution in [0.5, 0.6) is 0 Å². The maximum absolute atomic E-state index is 12.4. The number of methoxy groups -OCH3 is 1. The summed E-state index contributed by atoms with van der Waals surface area (Å²) in [4.78, 5) is 25.6. The lowest BCUT2D eigenvalue weighted by Crippen LogP contribution is -2.49. The van der Waals surface area contributed by atoms with Crippen LogP contribution in [0.1, 0.15) is 18.4 Å². The topological polar surface area (TPSA) is 72.6 Å². The van der Waals surface area contributed by atoms with E-state index in [1.54, 1.807) is 4.90 Å². The molecule has 0 aromatic heterocycles. The van der Waals surface area contributed by atoms with Gasteiger partial charge in [-0.2, -0.15) is 0 Å². The average Bonchev–Trinajstić information content (AvgIpc) is 2.96. The van der Waals surface area contributed by atoms with Gasteiger partial charge in [-0.05, 0) is 24.8 Å². The van der Waals surface area contributed by atoms with Gasteiger partial charge in [0, 0.05) is 6.54 Å². The molecule has 20 heavy (non-hydrogen) atoms. The molecule has 1 aromatic rings. The Labute approximate surface area is 118 Å². The molecule has 2 rings (SSSR count). The lowest BCUT2D eigenvalue weighted by Gasteiger charge is -2.25. The Bertz CT molecular complexity index is 475. The van der Waals surface area contributed by atoms with Gasteiger partial charge in [0.05, 0.1) is 13.2 Å². The van der Waals surface area contributed by atoms with E-state index in [1.165, 1.54) is 7.11 Å². The zero-order chi connectivity index (χ0) is 14.5. The van der Waals surface area contributed by atoms with E-state index in [9.17, 15) is 9.59 Å². The lowest BCUT2D eigenvalue weighted by molar-refractivity contribution is -0.151. The Morgan fingerprint density at radius 3 is 2.75 bits per heavy atom. The van der Waals surface area contributed by atoms with E-state index in [2.05, 4.69) is 0 Å². The van der Waals surface area contributed by atoms with Crippen LogP contribution >= 0.6 is 0 Å². The van der Waals surface area contributed by atoms with Crippen molar-refractivity contribution in [2.24, 2.45) is 5.73 Å². The second kappa shape index (κ2) is 6.52. The first kappa shape index (κ1) is 14.5. The second-order valence-corrected chi connectivity index (χ2v) is 5.01. The summed E-state index contributed by atoms with van der Waals surface area (Å²) in [6, 6.07) is 8.53. The van der Waals surface area contributed by atoms with Crippen LogP contribution in [0.3, 0.4) is 0 Å². The van der Waals surface area contributed by atoms with Gasteiger partial charge in [0.2, 0.25) is 5.91 Å². The molecule has 0 unspecified atom stereocenters. The van der Waals surface area contributed by atoms with Gasteiger partial charge in [0.1, 0.15) is 6.04 Å². The summed E-state index contributed by atoms with van der Waals surface area (Å²) in [5.41, 5.74) is 7.01. The van der Waals surface area contributed by atoms with Crippen LogP contribution in [-0.2, 0) is 20.7 Å². The molecule has 0 saturated carbocycles. The van der Waals surface area contributed by atoms with Crippen LogP contribution in [0.25, 0.3) is 0 Å². The van der Waals surface area contributed by atoms with Crippen LogP contribution in [0, 0.1) is 0 Å². The number of hydrogen-bond donors (Lipinski definition) is 1. The zero-order valence-corrected chi connectivity index (χ0v) is 11.6. The third kappa shape index (κ3) is 3.17. The minimum atomic E-state index is -0.623. The van der Waals surface area contributed by atoms with Crippen molar-refractivity contribution in [3.8, 4) is 0 Å². The predicted octanol–water partition coefficient (Wildman–Crippen LogP) is 0.720. The summed E-state index contributed by atoms with van der Waals surface area (Å²) in [6.07, 6.45) is 1.93. The highest BCUT2D eigenvalue weighted by molar-refractivity contribution is 5.88. The minimum absolute atomic E-state index is 0.179. The zero-order valence-electron chi connectivity index (χ0n) is 11.6. The molecule has 1 fully saturated rings. The molecule has 0 aliphatic carbocycles. The van der Waals surface area contributed by atoms with Gasteiger partial charge in [0.25, 0.3) is 0 Å². The smallest absolute Gasteiger partial charge is 0.328 e. The fraction of sp³-hybridized carbons (Fsp3) is 0.467. The quantitative estimate of drug-likeness (QED) is 0.822. The van der Waals surface area contributed by atoms with Gasteiger partial charge in [-0.25, -0.2) is 4.79 Å². The Balaban J connectivity index is 2.01. The van der Waals surface area contributed by atoms with Gasteiger partial charge in [0.15, 0.2) is 0 Å². The molecule has 108 valence electrons. The number of ether oxygens (including phenoxy) is 1. The normalized spacial score (nSPS) is 19.7. The monoisotopic (exact) mass is 276 g/mol. The summed E-state index contributed by atoms with van der Waals surface area (Å²) in [6.45, 7) is 0.571. The van der Waals surface area contributed by atoms with E-state index in [0.29, 0.717) is 19.4 Å². The highest BCUT2D eigenvalue weighted by atomic mass is 16.5. The standard InChI is InChI=1S/C15H20N2O3/c1-20-15(19)13-8-5-9-17(13)14(18)12(16)10-11-6-3-2-4-7-11/h2-4,6-7,12-13H,5,8-10,16H2,1H3/t12-,13+/m0/s1. The van der Waals surface area contributed by atoms with Gasteiger partial charge >= 0.3 is 5.97 Å². The van der Waals surface area contributed by atoms with E-state index >= 15 is 0 Å². The van der Waals surface area contributed by atoms with Crippen molar-refractivity contribution in [3.63, 3.8) is 0 Å². The SMILES string of the molecule is COC(=O)[C@H]1CCCN1C(=O)[C@@H](N)Cc1ccccc1. The highest BCUT2D eigenvalue weighted by Gasteiger charge is 2.36. The summed E-state index contributed by atoms with van der Waals surface area (Å²) < 4.78 is 4.74. The number of amides is 1. The van der Waals surface area contributed by atoms with E-state index in [1.807, 2.05) is 30.3 Å². The van der Waals surface area contributed by atoms with Crippen LogP contribution in [0.4, 0.5) is 0 Å². The van der Waals surface area contributed by atoms with E-state index in [4.69, 9.17) is 10.5 Å². The van der Waals surface area contributed by atoms with E-state index in [0.717, 1.165) is 12.0 Å². The molecule has 1 heterocycles. The Morgan fingerprint density at radius 1 is 1.40 bits per heavy atom. The molecule has 2 N–H and O–H groups in total. The number of carbonyl (C=O) groups is 2. The Hall–Kier alpha value is -1.88. The summed E-state index contributed by atoms with van der Waals surface area (Å²) >= 11 is 0. The molecule has 0 spiro atoms. The average molecular weight is 276 g/mol. The van der Waals surface area contributed by atoms with E-state index in [-0.39, 0.29) is 11.9 Å². The highest BCUT2D eigenvalue weighted by Crippen LogP contribution is 2.19. The number of nitrogens with two attached hydrogens (primary N) is 1. The number of nitrogens with zero attached hydrogens (tertiary/aromatic N) is 1. The fourth-order valence-electron chi connectivity index (χ4n) is 2.58. The molecule has 1 aliphatic rings. The fourth-order valence-corrected chi connectivity index (χ4v) is 2.58. The van der Waals surface area contributed by atoms with Crippen LogP contribution in [-0.4, -0.2) is 42.5 Å². The first-order valence-corrected chi connectivity index (χ1v) is 6.81. The van der Waals surface area contributed by atoms with Gasteiger partial charge in [-0.3, -0.25) is 4.79 Å². The van der Waals surface area contributed by atoms with Crippen molar-refractivity contribution in [2.45, 2.75) is 31.3 Å². The van der Waals surface area contributed by atoms with Crippen molar-refractivity contribution in [3.05, 3.63) is 35.9 Å². The number of benzene rings is 1. The maximum Gasteiger partial charge on any atom is 0.328 e. The van der Waals surface area contributed by atoms with Crippen LogP contribution in [0.2, 0.25) is 0 Å². The Morgan fingerprint density at radius 2 is 2.10 bits per heavy atom. The molecule has 5 nitrogen and oxygen atoms in total. The number of hydrogen-bond acceptors (Lipinski definition) is 4. The molecular weight excluding hydrogens is 256 g/mol. The number of rotatable bonds is 4. The van der Waals surface area contributed by atoms with Gasteiger partial charge in [-0.1, -0.05) is 30.3 Å². The molecule has 1 aromatic carbocycles. The molecule has 0 bridgehead atoms. The first-order chi connectivity index (χ1) is 9.63. The van der Waals surface area contributed by atoms with Crippen molar-refractivity contribution in [2.75, 3.05) is 13.7 Å². The van der Waals surface area contributed by atoms with Gasteiger partial charge in [-0.15, -0.1) is 0 Å². The van der Waals surface area contributed by atoms with Crippen molar-refractivity contribution in [1.82, 2.24) is 4.90 Å². The molecule has 5 heteroatoms. The molecule has 1 aliphatic heterocycles. The number of esters is 1. The molecule has 1 amide bonds. The summed E-state index contributed by atoms with van der Waals surface area (Å²) in [7, 11) is 1.34. The van der Waals surface area contributed by atoms with Crippen molar-refractivity contribution < 1.29 is 14.3 Å². The Kier molecular flexibility index (Phi) is 4.74. The van der Waals surface area contributed by atoms with Crippen LogP contribution < -0.4 is 5.73 Å².